The van der Waals surface area contributed by atoms with E-state index in [9.17, 15) is 4.79 Å². The first-order chi connectivity index (χ1) is 6.27. The van der Waals surface area contributed by atoms with Crippen molar-refractivity contribution >= 4 is 17.5 Å². The molecule has 0 aromatic carbocycles. The number of hydrogen-bond acceptors (Lipinski definition) is 2. The standard InChI is InChI=1S/C9H15ClN2O/c10-7-4-9(13)12(6-7)8-2-1-3-11-5-8/h7-8,11H,1-6H2. The summed E-state index contributed by atoms with van der Waals surface area (Å²) in [6.07, 6.45) is 2.82. The quantitative estimate of drug-likeness (QED) is 0.631. The Kier molecular flexibility index (Phi) is 2.74. The summed E-state index contributed by atoms with van der Waals surface area (Å²) in [4.78, 5) is 13.4. The number of likely N-dealkylation sites (tertiary alicyclic amines) is 1. The van der Waals surface area contributed by atoms with E-state index in [-0.39, 0.29) is 11.3 Å². The highest BCUT2D eigenvalue weighted by Crippen LogP contribution is 2.21. The molecule has 2 unspecified atom stereocenters. The molecule has 0 spiro atoms. The zero-order chi connectivity index (χ0) is 9.26. The summed E-state index contributed by atoms with van der Waals surface area (Å²) < 4.78 is 0. The molecule has 0 aromatic rings. The van der Waals surface area contributed by atoms with Gasteiger partial charge in [-0.15, -0.1) is 11.6 Å². The van der Waals surface area contributed by atoms with Gasteiger partial charge >= 0.3 is 0 Å². The molecule has 2 aliphatic rings. The SMILES string of the molecule is O=C1CC(Cl)CN1C1CCCNC1. The van der Waals surface area contributed by atoms with Gasteiger partial charge < -0.3 is 10.2 Å². The van der Waals surface area contributed by atoms with Gasteiger partial charge in [0.2, 0.25) is 5.91 Å². The largest absolute Gasteiger partial charge is 0.337 e. The maximum absolute atomic E-state index is 11.5. The Labute approximate surface area is 83.4 Å². The van der Waals surface area contributed by atoms with Crippen LogP contribution in [0.15, 0.2) is 0 Å². The first kappa shape index (κ1) is 9.28. The summed E-state index contributed by atoms with van der Waals surface area (Å²) in [5, 5.41) is 3.35. The minimum Gasteiger partial charge on any atom is -0.337 e. The van der Waals surface area contributed by atoms with Crippen molar-refractivity contribution in [1.82, 2.24) is 10.2 Å². The summed E-state index contributed by atoms with van der Waals surface area (Å²) >= 11 is 5.94. The van der Waals surface area contributed by atoms with Crippen LogP contribution >= 0.6 is 11.6 Å². The van der Waals surface area contributed by atoms with Crippen molar-refractivity contribution in [2.45, 2.75) is 30.7 Å². The monoisotopic (exact) mass is 202 g/mol. The predicted octanol–water partition coefficient (Wildman–Crippen LogP) is 0.578. The molecule has 2 fully saturated rings. The van der Waals surface area contributed by atoms with Crippen LogP contribution in [0.3, 0.4) is 0 Å². The Bertz CT molecular complexity index is 204. The van der Waals surface area contributed by atoms with E-state index in [0.29, 0.717) is 12.5 Å². The number of nitrogens with zero attached hydrogens (tertiary/aromatic N) is 1. The number of alkyl halides is 1. The molecule has 2 aliphatic heterocycles. The average molecular weight is 203 g/mol. The van der Waals surface area contributed by atoms with E-state index in [0.717, 1.165) is 26.1 Å². The fourth-order valence-electron chi connectivity index (χ4n) is 2.14. The van der Waals surface area contributed by atoms with Gasteiger partial charge in [0.25, 0.3) is 0 Å². The molecule has 2 saturated heterocycles. The highest BCUT2D eigenvalue weighted by Gasteiger charge is 2.33. The zero-order valence-corrected chi connectivity index (χ0v) is 8.39. The normalized spacial score (nSPS) is 35.5. The molecular weight excluding hydrogens is 188 g/mol. The number of rotatable bonds is 1. The van der Waals surface area contributed by atoms with Crippen LogP contribution in [0, 0.1) is 0 Å². The maximum Gasteiger partial charge on any atom is 0.224 e. The molecule has 74 valence electrons. The Morgan fingerprint density at radius 1 is 1.54 bits per heavy atom. The Morgan fingerprint density at radius 2 is 2.38 bits per heavy atom. The molecule has 2 atom stereocenters. The predicted molar refractivity (Wildman–Crippen MR) is 51.9 cm³/mol. The summed E-state index contributed by atoms with van der Waals surface area (Å²) in [5.41, 5.74) is 0. The molecule has 2 rings (SSSR count). The Balaban J connectivity index is 1.95. The fraction of sp³-hybridized carbons (Fsp3) is 0.889. The molecule has 0 saturated carbocycles. The van der Waals surface area contributed by atoms with Crippen LogP contribution in [-0.4, -0.2) is 41.9 Å². The lowest BCUT2D eigenvalue weighted by atomic mass is 10.1. The number of halogens is 1. The maximum atomic E-state index is 11.5. The van der Waals surface area contributed by atoms with Crippen molar-refractivity contribution in [3.8, 4) is 0 Å². The highest BCUT2D eigenvalue weighted by molar-refractivity contribution is 6.22. The van der Waals surface area contributed by atoms with Crippen molar-refractivity contribution in [2.75, 3.05) is 19.6 Å². The van der Waals surface area contributed by atoms with Gasteiger partial charge in [0.1, 0.15) is 0 Å². The van der Waals surface area contributed by atoms with E-state index >= 15 is 0 Å². The van der Waals surface area contributed by atoms with Gasteiger partial charge in [0, 0.05) is 25.6 Å². The third-order valence-corrected chi connectivity index (χ3v) is 3.12. The zero-order valence-electron chi connectivity index (χ0n) is 7.63. The van der Waals surface area contributed by atoms with Gasteiger partial charge in [0.05, 0.1) is 5.38 Å². The van der Waals surface area contributed by atoms with Gasteiger partial charge in [-0.05, 0) is 19.4 Å². The molecule has 4 heteroatoms. The lowest BCUT2D eigenvalue weighted by Crippen LogP contribution is -2.46. The molecule has 0 aliphatic carbocycles. The van der Waals surface area contributed by atoms with E-state index < -0.39 is 0 Å². The van der Waals surface area contributed by atoms with Crippen LogP contribution in [0.25, 0.3) is 0 Å². The van der Waals surface area contributed by atoms with Crippen molar-refractivity contribution in [3.63, 3.8) is 0 Å². The van der Waals surface area contributed by atoms with Gasteiger partial charge in [-0.1, -0.05) is 0 Å². The van der Waals surface area contributed by atoms with Crippen LogP contribution in [0.4, 0.5) is 0 Å². The number of carbonyl (C=O) groups excluding carboxylic acids is 1. The number of carbonyl (C=O) groups is 1. The van der Waals surface area contributed by atoms with Gasteiger partial charge in [-0.25, -0.2) is 0 Å². The molecule has 13 heavy (non-hydrogen) atoms. The summed E-state index contributed by atoms with van der Waals surface area (Å²) in [5.74, 6) is 0.230. The van der Waals surface area contributed by atoms with Crippen molar-refractivity contribution in [1.29, 1.82) is 0 Å². The lowest BCUT2D eigenvalue weighted by molar-refractivity contribution is -0.129. The Morgan fingerprint density at radius 3 is 2.92 bits per heavy atom. The van der Waals surface area contributed by atoms with Crippen LogP contribution in [0.5, 0.6) is 0 Å². The first-order valence-corrected chi connectivity index (χ1v) is 5.35. The van der Waals surface area contributed by atoms with Crippen molar-refractivity contribution < 1.29 is 4.79 Å². The van der Waals surface area contributed by atoms with Crippen LogP contribution < -0.4 is 5.32 Å². The van der Waals surface area contributed by atoms with Crippen molar-refractivity contribution in [3.05, 3.63) is 0 Å². The third-order valence-electron chi connectivity index (χ3n) is 2.82. The summed E-state index contributed by atoms with van der Waals surface area (Å²) in [7, 11) is 0. The van der Waals surface area contributed by atoms with E-state index in [1.54, 1.807) is 0 Å². The highest BCUT2D eigenvalue weighted by atomic mass is 35.5. The molecule has 3 nitrogen and oxygen atoms in total. The van der Waals surface area contributed by atoms with Gasteiger partial charge in [-0.2, -0.15) is 0 Å². The molecular formula is C9H15ClN2O. The second-order valence-corrected chi connectivity index (χ2v) is 4.46. The lowest BCUT2D eigenvalue weighted by Gasteiger charge is -2.31. The molecule has 0 bridgehead atoms. The third kappa shape index (κ3) is 1.97. The fourth-order valence-corrected chi connectivity index (χ4v) is 2.42. The van der Waals surface area contributed by atoms with E-state index in [4.69, 9.17) is 11.6 Å². The van der Waals surface area contributed by atoms with E-state index in [1.165, 1.54) is 6.42 Å². The minimum atomic E-state index is 0.0365. The second-order valence-electron chi connectivity index (χ2n) is 3.85. The van der Waals surface area contributed by atoms with Gasteiger partial charge in [-0.3, -0.25) is 4.79 Å². The summed E-state index contributed by atoms with van der Waals surface area (Å²) in [6.45, 7) is 2.77. The average Bonchev–Trinajstić information content (AvgIpc) is 2.47. The molecule has 2 heterocycles. The van der Waals surface area contributed by atoms with Crippen LogP contribution in [0.1, 0.15) is 19.3 Å². The smallest absolute Gasteiger partial charge is 0.224 e. The molecule has 0 aromatic heterocycles. The second kappa shape index (κ2) is 3.84. The van der Waals surface area contributed by atoms with Gasteiger partial charge in [0.15, 0.2) is 0 Å². The van der Waals surface area contributed by atoms with Crippen LogP contribution in [0.2, 0.25) is 0 Å². The topological polar surface area (TPSA) is 32.3 Å². The summed E-state index contributed by atoms with van der Waals surface area (Å²) in [6, 6.07) is 0.394. The van der Waals surface area contributed by atoms with E-state index in [2.05, 4.69) is 5.32 Å². The molecule has 1 N–H and O–H groups in total. The molecule has 1 amide bonds. The van der Waals surface area contributed by atoms with Crippen LogP contribution in [-0.2, 0) is 4.79 Å². The number of amides is 1. The first-order valence-electron chi connectivity index (χ1n) is 4.91. The van der Waals surface area contributed by atoms with Crippen molar-refractivity contribution in [2.24, 2.45) is 0 Å². The van der Waals surface area contributed by atoms with E-state index in [1.807, 2.05) is 4.90 Å². The number of nitrogens with one attached hydrogen (secondary N) is 1. The number of piperidine rings is 1. The molecule has 0 radical (unpaired) electrons. The number of hydrogen-bond donors (Lipinski definition) is 1. The minimum absolute atomic E-state index is 0.0365. The Hall–Kier alpha value is -0.280.